The highest BCUT2D eigenvalue weighted by molar-refractivity contribution is 6.38. The van der Waals surface area contributed by atoms with Crippen LogP contribution in [0.25, 0.3) is 0 Å². The standard InChI is InChI=1S/C11H8Cl2/c12-10-7-3-6-9(11(10)13)8-4-1-2-5-8/h1-7,11H. The Kier molecular flexibility index (Phi) is 2.43. The molecule has 2 aliphatic rings. The van der Waals surface area contributed by atoms with Crippen molar-refractivity contribution in [1.82, 2.24) is 0 Å². The van der Waals surface area contributed by atoms with Crippen LogP contribution in [-0.2, 0) is 0 Å². The van der Waals surface area contributed by atoms with E-state index in [0.717, 1.165) is 11.1 Å². The lowest BCUT2D eigenvalue weighted by Crippen LogP contribution is -2.06. The van der Waals surface area contributed by atoms with Crippen LogP contribution in [0, 0.1) is 0 Å². The van der Waals surface area contributed by atoms with Crippen molar-refractivity contribution in [3.05, 3.63) is 58.7 Å². The van der Waals surface area contributed by atoms with Crippen LogP contribution in [0.5, 0.6) is 0 Å². The van der Waals surface area contributed by atoms with Gasteiger partial charge in [-0.25, -0.2) is 0 Å². The van der Waals surface area contributed by atoms with Gasteiger partial charge in [-0.15, -0.1) is 11.6 Å². The molecule has 0 fully saturated rings. The van der Waals surface area contributed by atoms with E-state index >= 15 is 0 Å². The number of rotatable bonds is 0. The molecular formula is C11H8Cl2. The van der Waals surface area contributed by atoms with Crippen LogP contribution in [0.15, 0.2) is 58.7 Å². The second-order valence-corrected chi connectivity index (χ2v) is 3.78. The average molecular weight is 211 g/mol. The normalized spacial score (nSPS) is 25.7. The molecule has 0 aromatic heterocycles. The van der Waals surface area contributed by atoms with E-state index in [4.69, 9.17) is 23.2 Å². The molecule has 2 heteroatoms. The summed E-state index contributed by atoms with van der Waals surface area (Å²) in [7, 11) is 0. The highest BCUT2D eigenvalue weighted by atomic mass is 35.5. The Bertz CT molecular complexity index is 354. The zero-order valence-electron chi connectivity index (χ0n) is 6.87. The maximum Gasteiger partial charge on any atom is 0.0947 e. The molecule has 66 valence electrons. The molecule has 0 radical (unpaired) electrons. The third-order valence-corrected chi connectivity index (χ3v) is 2.97. The summed E-state index contributed by atoms with van der Waals surface area (Å²) in [5, 5.41) is 0.481. The van der Waals surface area contributed by atoms with Crippen molar-refractivity contribution in [3.8, 4) is 0 Å². The van der Waals surface area contributed by atoms with Gasteiger partial charge in [0.05, 0.1) is 5.38 Å². The van der Waals surface area contributed by atoms with Gasteiger partial charge in [0.1, 0.15) is 0 Å². The number of hydrogen-bond acceptors (Lipinski definition) is 0. The molecule has 0 saturated carbocycles. The van der Waals surface area contributed by atoms with Gasteiger partial charge in [-0.05, 0) is 17.2 Å². The van der Waals surface area contributed by atoms with Crippen LogP contribution >= 0.6 is 23.2 Å². The first-order valence-electron chi connectivity index (χ1n) is 4.06. The molecule has 0 spiro atoms. The van der Waals surface area contributed by atoms with Crippen LogP contribution in [0.3, 0.4) is 0 Å². The van der Waals surface area contributed by atoms with Crippen molar-refractivity contribution in [2.45, 2.75) is 5.38 Å². The topological polar surface area (TPSA) is 0 Å². The van der Waals surface area contributed by atoms with Gasteiger partial charge >= 0.3 is 0 Å². The van der Waals surface area contributed by atoms with E-state index < -0.39 is 0 Å². The number of halogens is 2. The SMILES string of the molecule is ClC1=CC=CC(=C2C=CC=C2)C1Cl. The number of allylic oxidation sites excluding steroid dienone is 10. The van der Waals surface area contributed by atoms with Crippen molar-refractivity contribution < 1.29 is 0 Å². The smallest absolute Gasteiger partial charge is 0.0947 e. The summed E-state index contributed by atoms with van der Waals surface area (Å²) in [5.74, 6) is 0. The predicted octanol–water partition coefficient (Wildman–Crippen LogP) is 3.71. The minimum absolute atomic E-state index is 0.200. The Hall–Kier alpha value is -0.720. The molecule has 13 heavy (non-hydrogen) atoms. The lowest BCUT2D eigenvalue weighted by Gasteiger charge is -2.14. The first-order chi connectivity index (χ1) is 6.29. The average Bonchev–Trinajstić information content (AvgIpc) is 2.62. The van der Waals surface area contributed by atoms with E-state index in [1.165, 1.54) is 0 Å². The molecule has 0 N–H and O–H groups in total. The highest BCUT2D eigenvalue weighted by Crippen LogP contribution is 2.30. The van der Waals surface area contributed by atoms with Gasteiger partial charge in [0.2, 0.25) is 0 Å². The molecule has 1 unspecified atom stereocenters. The van der Waals surface area contributed by atoms with E-state index in [2.05, 4.69) is 0 Å². The minimum atomic E-state index is -0.200. The van der Waals surface area contributed by atoms with Crippen molar-refractivity contribution in [3.63, 3.8) is 0 Å². The fourth-order valence-corrected chi connectivity index (χ4v) is 1.83. The third-order valence-electron chi connectivity index (χ3n) is 2.04. The van der Waals surface area contributed by atoms with Crippen molar-refractivity contribution in [2.24, 2.45) is 0 Å². The number of alkyl halides is 1. The second-order valence-electron chi connectivity index (χ2n) is 2.90. The molecule has 0 aromatic rings. The summed E-state index contributed by atoms with van der Waals surface area (Å²) in [4.78, 5) is 0. The Balaban J connectivity index is 2.42. The molecule has 2 rings (SSSR count). The molecule has 0 nitrogen and oxygen atoms in total. The first-order valence-corrected chi connectivity index (χ1v) is 4.87. The minimum Gasteiger partial charge on any atom is -0.112 e. The maximum absolute atomic E-state index is 6.14. The first kappa shape index (κ1) is 8.86. The van der Waals surface area contributed by atoms with Gasteiger partial charge in [0.25, 0.3) is 0 Å². The second kappa shape index (κ2) is 3.57. The summed E-state index contributed by atoms with van der Waals surface area (Å²) in [6, 6.07) is 0. The zero-order chi connectivity index (χ0) is 9.26. The fourth-order valence-electron chi connectivity index (χ4n) is 1.37. The molecule has 0 bridgehead atoms. The summed E-state index contributed by atoms with van der Waals surface area (Å²) in [6.07, 6.45) is 13.8. The van der Waals surface area contributed by atoms with Crippen LogP contribution in [0.2, 0.25) is 0 Å². The van der Waals surface area contributed by atoms with Crippen LogP contribution in [-0.4, -0.2) is 5.38 Å². The molecule has 0 aliphatic heterocycles. The highest BCUT2D eigenvalue weighted by Gasteiger charge is 2.17. The van der Waals surface area contributed by atoms with Gasteiger partial charge in [-0.2, -0.15) is 0 Å². The van der Waals surface area contributed by atoms with E-state index in [1.54, 1.807) is 0 Å². The Labute approximate surface area is 87.5 Å². The molecule has 1 atom stereocenters. The third kappa shape index (κ3) is 1.65. The van der Waals surface area contributed by atoms with E-state index in [1.807, 2.05) is 42.5 Å². The molecule has 2 aliphatic carbocycles. The summed E-state index contributed by atoms with van der Waals surface area (Å²) in [6.45, 7) is 0. The van der Waals surface area contributed by atoms with Crippen molar-refractivity contribution >= 4 is 23.2 Å². The molecule has 0 amide bonds. The molecular weight excluding hydrogens is 203 g/mol. The van der Waals surface area contributed by atoms with Gasteiger partial charge < -0.3 is 0 Å². The summed E-state index contributed by atoms with van der Waals surface area (Å²) in [5.41, 5.74) is 2.21. The lowest BCUT2D eigenvalue weighted by atomic mass is 10.0. The van der Waals surface area contributed by atoms with E-state index in [9.17, 15) is 0 Å². The van der Waals surface area contributed by atoms with Crippen molar-refractivity contribution in [1.29, 1.82) is 0 Å². The largest absolute Gasteiger partial charge is 0.112 e. The predicted molar refractivity (Wildman–Crippen MR) is 58.0 cm³/mol. The van der Waals surface area contributed by atoms with E-state index in [-0.39, 0.29) is 5.38 Å². The number of hydrogen-bond donors (Lipinski definition) is 0. The molecule has 0 aromatic carbocycles. The summed E-state index contributed by atoms with van der Waals surface area (Å²) >= 11 is 12.1. The van der Waals surface area contributed by atoms with Crippen LogP contribution in [0.4, 0.5) is 0 Å². The fraction of sp³-hybridized carbons (Fsp3) is 0.0909. The Morgan fingerprint density at radius 3 is 2.38 bits per heavy atom. The van der Waals surface area contributed by atoms with Crippen LogP contribution < -0.4 is 0 Å². The van der Waals surface area contributed by atoms with Crippen LogP contribution in [0.1, 0.15) is 0 Å². The van der Waals surface area contributed by atoms with E-state index in [0.29, 0.717) is 5.03 Å². The van der Waals surface area contributed by atoms with Gasteiger partial charge in [-0.3, -0.25) is 0 Å². The van der Waals surface area contributed by atoms with Gasteiger partial charge in [0.15, 0.2) is 0 Å². The quantitative estimate of drug-likeness (QED) is 0.536. The molecule has 0 heterocycles. The summed E-state index contributed by atoms with van der Waals surface area (Å²) < 4.78 is 0. The van der Waals surface area contributed by atoms with Gasteiger partial charge in [-0.1, -0.05) is 48.1 Å². The molecule has 0 saturated heterocycles. The van der Waals surface area contributed by atoms with Gasteiger partial charge in [0, 0.05) is 5.03 Å². The maximum atomic E-state index is 6.14. The Morgan fingerprint density at radius 2 is 1.69 bits per heavy atom. The Morgan fingerprint density at radius 1 is 1.00 bits per heavy atom. The van der Waals surface area contributed by atoms with Crippen molar-refractivity contribution in [2.75, 3.05) is 0 Å². The zero-order valence-corrected chi connectivity index (χ0v) is 8.39. The monoisotopic (exact) mass is 210 g/mol. The lowest BCUT2D eigenvalue weighted by molar-refractivity contribution is 1.22.